The molecule has 1 atom stereocenters. The van der Waals surface area contributed by atoms with E-state index in [9.17, 15) is 14.0 Å². The van der Waals surface area contributed by atoms with Crippen molar-refractivity contribution in [1.29, 1.82) is 0 Å². The molecule has 0 bridgehead atoms. The maximum absolute atomic E-state index is 13.1. The number of amides is 2. The molecule has 0 spiro atoms. The Kier molecular flexibility index (Phi) is 4.75. The van der Waals surface area contributed by atoms with Crippen LogP contribution in [0.4, 0.5) is 15.9 Å². The minimum absolute atomic E-state index is 0.0219. The van der Waals surface area contributed by atoms with Gasteiger partial charge in [0.05, 0.1) is 5.92 Å². The average molecular weight is 368 g/mol. The van der Waals surface area contributed by atoms with Gasteiger partial charge in [-0.15, -0.1) is 0 Å². The van der Waals surface area contributed by atoms with Crippen LogP contribution in [-0.2, 0) is 9.59 Å². The number of hydrogen-bond acceptors (Lipinski definition) is 4. The molecule has 6 nitrogen and oxygen atoms in total. The molecule has 3 heterocycles. The second-order valence-electron chi connectivity index (χ2n) is 6.88. The van der Waals surface area contributed by atoms with E-state index in [1.54, 1.807) is 23.2 Å². The fourth-order valence-corrected chi connectivity index (χ4v) is 3.70. The zero-order chi connectivity index (χ0) is 18.8. The molecule has 27 heavy (non-hydrogen) atoms. The van der Waals surface area contributed by atoms with Gasteiger partial charge in [-0.25, -0.2) is 9.37 Å². The summed E-state index contributed by atoms with van der Waals surface area (Å²) in [5, 5.41) is 0. The smallest absolute Gasteiger partial charge is 0.228 e. The van der Waals surface area contributed by atoms with Crippen LogP contribution in [0.25, 0.3) is 0 Å². The Hall–Kier alpha value is -2.96. The van der Waals surface area contributed by atoms with Gasteiger partial charge in [0, 0.05) is 51.0 Å². The lowest BCUT2D eigenvalue weighted by Gasteiger charge is -2.36. The topological polar surface area (TPSA) is 56.8 Å². The number of rotatable bonds is 3. The van der Waals surface area contributed by atoms with Gasteiger partial charge in [-0.1, -0.05) is 6.07 Å². The van der Waals surface area contributed by atoms with Crippen molar-refractivity contribution in [2.75, 3.05) is 42.5 Å². The first-order chi connectivity index (χ1) is 13.1. The Balaban J connectivity index is 1.36. The predicted octanol–water partition coefficient (Wildman–Crippen LogP) is 1.92. The van der Waals surface area contributed by atoms with Crippen molar-refractivity contribution in [1.82, 2.24) is 9.88 Å². The van der Waals surface area contributed by atoms with E-state index < -0.39 is 0 Å². The highest BCUT2D eigenvalue weighted by Gasteiger charge is 2.38. The summed E-state index contributed by atoms with van der Waals surface area (Å²) in [6.07, 6.45) is 1.97. The molecule has 1 aromatic carbocycles. The fraction of sp³-hybridized carbons (Fsp3) is 0.350. The molecule has 2 amide bonds. The largest absolute Gasteiger partial charge is 0.353 e. The minimum Gasteiger partial charge on any atom is -0.353 e. The van der Waals surface area contributed by atoms with Crippen LogP contribution in [0.3, 0.4) is 0 Å². The second kappa shape index (κ2) is 7.34. The van der Waals surface area contributed by atoms with Crippen LogP contribution >= 0.6 is 0 Å². The molecule has 2 saturated heterocycles. The molecule has 2 fully saturated rings. The Bertz CT molecular complexity index is 820. The van der Waals surface area contributed by atoms with Gasteiger partial charge in [-0.3, -0.25) is 9.59 Å². The molecule has 1 unspecified atom stereocenters. The van der Waals surface area contributed by atoms with Crippen LogP contribution < -0.4 is 9.80 Å². The Morgan fingerprint density at radius 1 is 1.04 bits per heavy atom. The molecule has 1 aromatic heterocycles. The lowest BCUT2D eigenvalue weighted by molar-refractivity contribution is -0.136. The lowest BCUT2D eigenvalue weighted by Crippen LogP contribution is -2.51. The number of pyridine rings is 1. The van der Waals surface area contributed by atoms with E-state index in [4.69, 9.17) is 0 Å². The van der Waals surface area contributed by atoms with Crippen molar-refractivity contribution in [3.05, 3.63) is 54.5 Å². The second-order valence-corrected chi connectivity index (χ2v) is 6.88. The zero-order valence-electron chi connectivity index (χ0n) is 14.9. The number of hydrogen-bond donors (Lipinski definition) is 0. The van der Waals surface area contributed by atoms with Gasteiger partial charge in [-0.2, -0.15) is 0 Å². The maximum atomic E-state index is 13.1. The number of aromatic nitrogens is 1. The Morgan fingerprint density at radius 3 is 2.44 bits per heavy atom. The van der Waals surface area contributed by atoms with E-state index in [1.165, 1.54) is 12.1 Å². The zero-order valence-corrected chi connectivity index (χ0v) is 14.9. The molecule has 7 heteroatoms. The minimum atomic E-state index is -0.344. The van der Waals surface area contributed by atoms with Crippen molar-refractivity contribution in [2.45, 2.75) is 6.42 Å². The molecular formula is C20H21FN4O2. The highest BCUT2D eigenvalue weighted by Crippen LogP contribution is 2.27. The van der Waals surface area contributed by atoms with Gasteiger partial charge in [0.2, 0.25) is 11.8 Å². The molecular weight excluding hydrogens is 347 g/mol. The molecule has 0 radical (unpaired) electrons. The first kappa shape index (κ1) is 17.5. The van der Waals surface area contributed by atoms with Gasteiger partial charge in [0.15, 0.2) is 0 Å². The fourth-order valence-electron chi connectivity index (χ4n) is 3.70. The summed E-state index contributed by atoms with van der Waals surface area (Å²) in [5.74, 6) is 0.164. The number of carbonyl (C=O) groups is 2. The summed E-state index contributed by atoms with van der Waals surface area (Å²) < 4.78 is 13.1. The van der Waals surface area contributed by atoms with E-state index in [1.807, 2.05) is 23.1 Å². The molecule has 0 N–H and O–H groups in total. The summed E-state index contributed by atoms with van der Waals surface area (Å²) in [6.45, 7) is 3.05. The maximum Gasteiger partial charge on any atom is 0.228 e. The number of halogens is 1. The summed E-state index contributed by atoms with van der Waals surface area (Å²) in [6, 6.07) is 11.6. The number of carbonyl (C=O) groups excluding carboxylic acids is 2. The molecule has 2 aliphatic heterocycles. The SMILES string of the molecule is O=C(C1CC(=O)N(c2ccc(F)cc2)C1)N1CCN(c2ccccn2)CC1. The van der Waals surface area contributed by atoms with E-state index >= 15 is 0 Å². The van der Waals surface area contributed by atoms with Crippen molar-refractivity contribution in [2.24, 2.45) is 5.92 Å². The normalized spacial score (nSPS) is 20.3. The van der Waals surface area contributed by atoms with E-state index in [2.05, 4.69) is 9.88 Å². The summed E-state index contributed by atoms with van der Waals surface area (Å²) >= 11 is 0. The number of benzene rings is 1. The number of anilines is 2. The van der Waals surface area contributed by atoms with E-state index in [-0.39, 0.29) is 30.0 Å². The van der Waals surface area contributed by atoms with Crippen LogP contribution in [0.1, 0.15) is 6.42 Å². The van der Waals surface area contributed by atoms with E-state index in [0.29, 0.717) is 25.3 Å². The summed E-state index contributed by atoms with van der Waals surface area (Å²) in [7, 11) is 0. The monoisotopic (exact) mass is 368 g/mol. The highest BCUT2D eigenvalue weighted by atomic mass is 19.1. The summed E-state index contributed by atoms with van der Waals surface area (Å²) in [4.78, 5) is 35.1. The van der Waals surface area contributed by atoms with Crippen LogP contribution in [0.5, 0.6) is 0 Å². The molecule has 2 aromatic rings. The van der Waals surface area contributed by atoms with E-state index in [0.717, 1.165) is 18.9 Å². The van der Waals surface area contributed by atoms with Crippen molar-refractivity contribution >= 4 is 23.3 Å². The average Bonchev–Trinajstić information content (AvgIpc) is 3.10. The van der Waals surface area contributed by atoms with Gasteiger partial charge in [0.1, 0.15) is 11.6 Å². The molecule has 140 valence electrons. The number of piperazine rings is 1. The molecule has 2 aliphatic rings. The third-order valence-corrected chi connectivity index (χ3v) is 5.18. The van der Waals surface area contributed by atoms with Gasteiger partial charge >= 0.3 is 0 Å². The first-order valence-corrected chi connectivity index (χ1v) is 9.12. The van der Waals surface area contributed by atoms with Gasteiger partial charge in [-0.05, 0) is 36.4 Å². The van der Waals surface area contributed by atoms with Crippen molar-refractivity contribution < 1.29 is 14.0 Å². The quantitative estimate of drug-likeness (QED) is 0.831. The third kappa shape index (κ3) is 3.63. The van der Waals surface area contributed by atoms with Crippen LogP contribution in [0.2, 0.25) is 0 Å². The van der Waals surface area contributed by atoms with Gasteiger partial charge in [0.25, 0.3) is 0 Å². The standard InChI is InChI=1S/C20H21FN4O2/c21-16-4-6-17(7-5-16)25-14-15(13-19(25)26)20(27)24-11-9-23(10-12-24)18-3-1-2-8-22-18/h1-8,15H,9-14H2. The first-order valence-electron chi connectivity index (χ1n) is 9.12. The molecule has 0 saturated carbocycles. The summed E-state index contributed by atoms with van der Waals surface area (Å²) in [5.41, 5.74) is 0.636. The van der Waals surface area contributed by atoms with Crippen LogP contribution in [0.15, 0.2) is 48.7 Å². The van der Waals surface area contributed by atoms with Crippen molar-refractivity contribution in [3.63, 3.8) is 0 Å². The van der Waals surface area contributed by atoms with Crippen molar-refractivity contribution in [3.8, 4) is 0 Å². The third-order valence-electron chi connectivity index (χ3n) is 5.18. The number of nitrogens with zero attached hydrogens (tertiary/aromatic N) is 4. The van der Waals surface area contributed by atoms with Crippen LogP contribution in [0, 0.1) is 11.7 Å². The highest BCUT2D eigenvalue weighted by molar-refractivity contribution is 6.00. The lowest BCUT2D eigenvalue weighted by atomic mass is 10.1. The predicted molar refractivity (Wildman–Crippen MR) is 99.9 cm³/mol. The van der Waals surface area contributed by atoms with Gasteiger partial charge < -0.3 is 14.7 Å². The molecule has 4 rings (SSSR count). The Morgan fingerprint density at radius 2 is 1.78 bits per heavy atom. The van der Waals surface area contributed by atoms with Crippen LogP contribution in [-0.4, -0.2) is 54.4 Å². The molecule has 0 aliphatic carbocycles. The Labute approximate surface area is 157 Å².